The van der Waals surface area contributed by atoms with Gasteiger partial charge in [-0.2, -0.15) is 5.26 Å². The summed E-state index contributed by atoms with van der Waals surface area (Å²) in [6.45, 7) is 1.96. The van der Waals surface area contributed by atoms with Crippen molar-refractivity contribution in [1.29, 1.82) is 5.26 Å². The van der Waals surface area contributed by atoms with E-state index in [1.165, 1.54) is 37.3 Å². The number of aromatic nitrogens is 3. The molecule has 2 aromatic carbocycles. The Labute approximate surface area is 225 Å². The molecule has 0 amide bonds. The lowest BCUT2D eigenvalue weighted by Crippen LogP contribution is -2.23. The Balaban J connectivity index is 1.30. The molecule has 5 rings (SSSR count). The largest absolute Gasteiger partial charge is 0.453 e. The molecule has 1 saturated carbocycles. The van der Waals surface area contributed by atoms with Gasteiger partial charge in [-0.1, -0.05) is 25.3 Å². The maximum absolute atomic E-state index is 15.0. The molecule has 0 aliphatic heterocycles. The number of anilines is 2. The van der Waals surface area contributed by atoms with Gasteiger partial charge in [-0.15, -0.1) is 0 Å². The maximum atomic E-state index is 15.0. The molecule has 0 atom stereocenters. The Kier molecular flexibility index (Phi) is 8.00. The van der Waals surface area contributed by atoms with Crippen LogP contribution >= 0.6 is 11.9 Å². The summed E-state index contributed by atoms with van der Waals surface area (Å²) in [4.78, 5) is 14.2. The average molecular weight is 527 g/mol. The molecule has 0 bridgehead atoms. The second-order valence-electron chi connectivity index (χ2n) is 9.16. The monoisotopic (exact) mass is 526 g/mol. The number of rotatable bonds is 8. The first-order valence-electron chi connectivity index (χ1n) is 12.5. The minimum Gasteiger partial charge on any atom is -0.453 e. The molecule has 2 aromatic heterocycles. The van der Waals surface area contributed by atoms with Crippen molar-refractivity contribution < 1.29 is 9.13 Å². The highest BCUT2D eigenvalue weighted by molar-refractivity contribution is 8.00. The highest BCUT2D eigenvalue weighted by Crippen LogP contribution is 2.35. The van der Waals surface area contributed by atoms with E-state index < -0.39 is 5.82 Å². The fourth-order valence-electron chi connectivity index (χ4n) is 4.33. The van der Waals surface area contributed by atoms with Crippen molar-refractivity contribution in [1.82, 2.24) is 15.0 Å². The Bertz CT molecular complexity index is 1470. The van der Waals surface area contributed by atoms with Crippen molar-refractivity contribution in [2.24, 2.45) is 0 Å². The minimum absolute atomic E-state index is 0.0882. The number of hydrogen-bond acceptors (Lipinski definition) is 8. The molecule has 1 fully saturated rings. The van der Waals surface area contributed by atoms with Crippen LogP contribution in [-0.4, -0.2) is 21.0 Å². The van der Waals surface area contributed by atoms with Crippen LogP contribution < -0.4 is 14.8 Å². The van der Waals surface area contributed by atoms with Gasteiger partial charge in [0.05, 0.1) is 22.9 Å². The van der Waals surface area contributed by atoms with E-state index in [4.69, 9.17) is 10.00 Å². The fraction of sp³-hybridized carbons (Fsp3) is 0.241. The molecule has 0 saturated heterocycles. The van der Waals surface area contributed by atoms with Gasteiger partial charge in [0.2, 0.25) is 5.95 Å². The van der Waals surface area contributed by atoms with Crippen LogP contribution in [0.3, 0.4) is 0 Å². The molecule has 38 heavy (non-hydrogen) atoms. The first-order valence-corrected chi connectivity index (χ1v) is 13.4. The van der Waals surface area contributed by atoms with E-state index >= 15 is 4.39 Å². The third-order valence-electron chi connectivity index (χ3n) is 6.40. The molecular weight excluding hydrogens is 499 g/mol. The van der Waals surface area contributed by atoms with E-state index in [0.29, 0.717) is 40.2 Å². The standard InChI is InChI=1S/C29H27FN6OS/c1-19-7-8-20(17-31)15-28(19)38-36-22-9-10-27(24(30)16-22)37-26-12-13-32-18-23(26)25-11-14-33-29(35-25)34-21-5-3-2-4-6-21/h7-16,18,21,36H,2-6H2,1H3,(H,33,34,35). The highest BCUT2D eigenvalue weighted by atomic mass is 32.2. The van der Waals surface area contributed by atoms with Crippen molar-refractivity contribution in [3.8, 4) is 28.8 Å². The number of benzene rings is 2. The zero-order chi connectivity index (χ0) is 26.3. The van der Waals surface area contributed by atoms with Gasteiger partial charge in [0.15, 0.2) is 11.6 Å². The Hall–Kier alpha value is -4.16. The van der Waals surface area contributed by atoms with Gasteiger partial charge in [-0.25, -0.2) is 14.4 Å². The summed E-state index contributed by atoms with van der Waals surface area (Å²) in [6, 6.07) is 16.2. The second-order valence-corrected chi connectivity index (χ2v) is 10.0. The molecular formula is C29H27FN6OS. The predicted octanol–water partition coefficient (Wildman–Crippen LogP) is 7.51. The highest BCUT2D eigenvalue weighted by Gasteiger charge is 2.16. The van der Waals surface area contributed by atoms with Gasteiger partial charge in [-0.3, -0.25) is 4.98 Å². The van der Waals surface area contributed by atoms with Gasteiger partial charge in [0.25, 0.3) is 0 Å². The van der Waals surface area contributed by atoms with Gasteiger partial charge >= 0.3 is 0 Å². The van der Waals surface area contributed by atoms with E-state index in [0.717, 1.165) is 23.3 Å². The number of halogens is 1. The molecule has 0 spiro atoms. The number of pyridine rings is 1. The lowest BCUT2D eigenvalue weighted by molar-refractivity contribution is 0.443. The minimum atomic E-state index is -0.511. The first kappa shape index (κ1) is 25.5. The van der Waals surface area contributed by atoms with Crippen LogP contribution in [0.5, 0.6) is 11.5 Å². The zero-order valence-corrected chi connectivity index (χ0v) is 21.8. The van der Waals surface area contributed by atoms with E-state index in [-0.39, 0.29) is 5.75 Å². The summed E-state index contributed by atoms with van der Waals surface area (Å²) in [7, 11) is 0. The van der Waals surface area contributed by atoms with Crippen LogP contribution in [0.2, 0.25) is 0 Å². The van der Waals surface area contributed by atoms with Crippen LogP contribution in [0.25, 0.3) is 11.3 Å². The number of nitrogens with one attached hydrogen (secondary N) is 2. The number of ether oxygens (including phenoxy) is 1. The lowest BCUT2D eigenvalue weighted by Gasteiger charge is -2.22. The predicted molar refractivity (Wildman–Crippen MR) is 148 cm³/mol. The zero-order valence-electron chi connectivity index (χ0n) is 20.9. The van der Waals surface area contributed by atoms with Crippen molar-refractivity contribution in [2.45, 2.75) is 50.0 Å². The molecule has 192 valence electrons. The van der Waals surface area contributed by atoms with E-state index in [2.05, 4.69) is 31.1 Å². The lowest BCUT2D eigenvalue weighted by atomic mass is 9.96. The van der Waals surface area contributed by atoms with Crippen molar-refractivity contribution in [2.75, 3.05) is 10.0 Å². The second kappa shape index (κ2) is 11.9. The maximum Gasteiger partial charge on any atom is 0.223 e. The molecule has 9 heteroatoms. The molecule has 7 nitrogen and oxygen atoms in total. The summed E-state index contributed by atoms with van der Waals surface area (Å²) in [5.41, 5.74) is 3.46. The van der Waals surface area contributed by atoms with Crippen LogP contribution in [0.1, 0.15) is 43.2 Å². The molecule has 2 N–H and O–H groups in total. The third kappa shape index (κ3) is 6.21. The first-order chi connectivity index (χ1) is 18.6. The van der Waals surface area contributed by atoms with Crippen LogP contribution in [-0.2, 0) is 0 Å². The molecule has 0 unspecified atom stereocenters. The van der Waals surface area contributed by atoms with Gasteiger partial charge in [0, 0.05) is 41.3 Å². The van der Waals surface area contributed by atoms with Crippen molar-refractivity contribution in [3.05, 3.63) is 84.1 Å². The Morgan fingerprint density at radius 2 is 1.89 bits per heavy atom. The summed E-state index contributed by atoms with van der Waals surface area (Å²) in [5, 5.41) is 12.6. The topological polar surface area (TPSA) is 95.8 Å². The normalized spacial score (nSPS) is 13.5. The molecule has 2 heterocycles. The van der Waals surface area contributed by atoms with Crippen LogP contribution in [0, 0.1) is 24.1 Å². The summed E-state index contributed by atoms with van der Waals surface area (Å²) < 4.78 is 24.2. The number of nitriles is 1. The van der Waals surface area contributed by atoms with E-state index in [1.54, 1.807) is 55.0 Å². The van der Waals surface area contributed by atoms with Gasteiger partial charge in [-0.05, 0) is 73.7 Å². The molecule has 0 radical (unpaired) electrons. The summed E-state index contributed by atoms with van der Waals surface area (Å²) >= 11 is 1.32. The SMILES string of the molecule is Cc1ccc(C#N)cc1SNc1ccc(Oc2ccncc2-c2ccnc(NC3CCCCC3)n2)c(F)c1. The Morgan fingerprint density at radius 3 is 2.71 bits per heavy atom. The van der Waals surface area contributed by atoms with Crippen LogP contribution in [0.4, 0.5) is 16.0 Å². The Morgan fingerprint density at radius 1 is 1.03 bits per heavy atom. The summed E-state index contributed by atoms with van der Waals surface area (Å²) in [6.07, 6.45) is 10.9. The van der Waals surface area contributed by atoms with Gasteiger partial charge in [0.1, 0.15) is 5.75 Å². The van der Waals surface area contributed by atoms with E-state index in [1.807, 2.05) is 13.0 Å². The van der Waals surface area contributed by atoms with Crippen LogP contribution in [0.15, 0.2) is 72.0 Å². The summed E-state index contributed by atoms with van der Waals surface area (Å²) in [5.74, 6) is 0.590. The molecule has 1 aliphatic carbocycles. The quantitative estimate of drug-likeness (QED) is 0.228. The third-order valence-corrected chi connectivity index (χ3v) is 7.40. The number of hydrogen-bond donors (Lipinski definition) is 2. The van der Waals surface area contributed by atoms with E-state index in [9.17, 15) is 0 Å². The smallest absolute Gasteiger partial charge is 0.223 e. The fourth-order valence-corrected chi connectivity index (χ4v) is 5.10. The molecule has 4 aromatic rings. The average Bonchev–Trinajstić information content (AvgIpc) is 2.95. The van der Waals surface area contributed by atoms with Crippen molar-refractivity contribution in [3.63, 3.8) is 0 Å². The number of aryl methyl sites for hydroxylation is 1. The molecule has 1 aliphatic rings. The number of nitrogens with zero attached hydrogens (tertiary/aromatic N) is 4. The van der Waals surface area contributed by atoms with Gasteiger partial charge < -0.3 is 14.8 Å². The van der Waals surface area contributed by atoms with Crippen molar-refractivity contribution >= 4 is 23.6 Å².